The second kappa shape index (κ2) is 19.9. The summed E-state index contributed by atoms with van der Waals surface area (Å²) in [7, 11) is 3.17. The highest BCUT2D eigenvalue weighted by atomic mass is 32.1. The minimum atomic E-state index is -1.29. The lowest BCUT2D eigenvalue weighted by Gasteiger charge is -2.36. The molecule has 0 saturated heterocycles. The number of thiazole rings is 1. The minimum Gasteiger partial charge on any atom is -0.476 e. The molecule has 52 heavy (non-hydrogen) atoms. The summed E-state index contributed by atoms with van der Waals surface area (Å²) in [6, 6.07) is 35.3. The molecule has 0 saturated carbocycles. The molecule has 4 aromatic carbocycles. The van der Waals surface area contributed by atoms with Gasteiger partial charge in [-0.25, -0.2) is 9.78 Å². The minimum absolute atomic E-state index is 0.0139. The quantitative estimate of drug-likeness (QED) is 0.0264. The Morgan fingerprint density at radius 2 is 1.29 bits per heavy atom. The van der Waals surface area contributed by atoms with E-state index in [0.717, 1.165) is 16.7 Å². The van der Waals surface area contributed by atoms with Crippen molar-refractivity contribution in [3.8, 4) is 11.5 Å². The molecule has 0 amide bonds. The Kier molecular flexibility index (Phi) is 14.5. The van der Waals surface area contributed by atoms with E-state index < -0.39 is 11.5 Å². The molecule has 0 aliphatic carbocycles. The number of rotatable bonds is 22. The molecule has 0 radical (unpaired) electrons. The Balaban J connectivity index is 1.35. The van der Waals surface area contributed by atoms with Gasteiger partial charge in [-0.1, -0.05) is 102 Å². The van der Waals surface area contributed by atoms with Crippen LogP contribution in [0.4, 0.5) is 5.13 Å². The molecule has 5 aromatic rings. The molecule has 0 unspecified atom stereocenters. The van der Waals surface area contributed by atoms with Crippen molar-refractivity contribution in [3.63, 3.8) is 0 Å². The summed E-state index contributed by atoms with van der Waals surface area (Å²) >= 11 is 1.27. The number of benzene rings is 4. The standard InChI is InChI=1S/C39H41N3O9S/c1-45-20-22-47-27-49-34-19-18-29(24-35(34)50-28-48-23-21-46-2)25-51-42-36(37(43)44)33-26-52-38(40-33)41-39(30-12-6-3-7-13-30,31-14-8-4-9-15-31)32-16-10-5-11-17-32/h3-19,24,26H,20-23,25,27-28H2,1-2H3,(H,40,41)(H,43,44). The number of nitrogens with zero attached hydrogens (tertiary/aromatic N) is 2. The number of aromatic nitrogens is 1. The van der Waals surface area contributed by atoms with Crippen LogP contribution in [-0.2, 0) is 40.7 Å². The number of hydrogen-bond acceptors (Lipinski definition) is 12. The van der Waals surface area contributed by atoms with Gasteiger partial charge in [0, 0.05) is 19.6 Å². The Morgan fingerprint density at radius 1 is 0.750 bits per heavy atom. The van der Waals surface area contributed by atoms with Crippen LogP contribution >= 0.6 is 11.3 Å². The van der Waals surface area contributed by atoms with Crippen LogP contribution in [0.5, 0.6) is 11.5 Å². The zero-order valence-corrected chi connectivity index (χ0v) is 29.8. The summed E-state index contributed by atoms with van der Waals surface area (Å²) in [6.07, 6.45) is 0. The lowest BCUT2D eigenvalue weighted by atomic mass is 9.77. The molecule has 272 valence electrons. The summed E-state index contributed by atoms with van der Waals surface area (Å²) in [5, 5.41) is 19.9. The van der Waals surface area contributed by atoms with Gasteiger partial charge < -0.3 is 43.7 Å². The first kappa shape index (κ1) is 37.9. The third kappa shape index (κ3) is 10.1. The monoisotopic (exact) mass is 727 g/mol. The molecule has 1 aromatic heterocycles. The van der Waals surface area contributed by atoms with Crippen LogP contribution in [0.2, 0.25) is 0 Å². The van der Waals surface area contributed by atoms with Crippen molar-refractivity contribution < 1.29 is 43.2 Å². The highest BCUT2D eigenvalue weighted by Crippen LogP contribution is 2.40. The molecular formula is C39H41N3O9S. The van der Waals surface area contributed by atoms with Gasteiger partial charge in [0.1, 0.15) is 17.8 Å². The molecule has 1 heterocycles. The van der Waals surface area contributed by atoms with E-state index >= 15 is 0 Å². The molecule has 0 aliphatic rings. The fourth-order valence-corrected chi connectivity index (χ4v) is 5.99. The van der Waals surface area contributed by atoms with E-state index in [1.54, 1.807) is 37.8 Å². The number of hydrogen-bond donors (Lipinski definition) is 2. The van der Waals surface area contributed by atoms with Crippen molar-refractivity contribution in [1.82, 2.24) is 4.98 Å². The van der Waals surface area contributed by atoms with E-state index in [9.17, 15) is 9.90 Å². The lowest BCUT2D eigenvalue weighted by Crippen LogP contribution is -2.38. The summed E-state index contributed by atoms with van der Waals surface area (Å²) in [6.45, 7) is 1.45. The number of carboxylic acid groups (broad SMARTS) is 1. The summed E-state index contributed by atoms with van der Waals surface area (Å²) in [5.74, 6) is -0.483. The normalized spacial score (nSPS) is 11.6. The van der Waals surface area contributed by atoms with Crippen LogP contribution < -0.4 is 14.8 Å². The summed E-state index contributed by atoms with van der Waals surface area (Å²) < 4.78 is 32.4. The first-order valence-electron chi connectivity index (χ1n) is 16.4. The molecule has 13 heteroatoms. The maximum absolute atomic E-state index is 12.4. The van der Waals surface area contributed by atoms with E-state index in [2.05, 4.69) is 51.9 Å². The van der Waals surface area contributed by atoms with Crippen LogP contribution in [0, 0.1) is 0 Å². The average Bonchev–Trinajstić information content (AvgIpc) is 3.64. The van der Waals surface area contributed by atoms with Crippen molar-refractivity contribution in [2.45, 2.75) is 12.1 Å². The number of aliphatic carboxylic acids is 1. The lowest BCUT2D eigenvalue weighted by molar-refractivity contribution is -0.129. The SMILES string of the molecule is COCCOCOc1ccc(CON=C(C(=O)O)c2csc(NC(c3ccccc3)(c3ccccc3)c3ccccc3)n2)cc1OCOCCOC. The Bertz CT molecular complexity index is 1740. The molecule has 0 aliphatic heterocycles. The molecule has 0 atom stereocenters. The maximum Gasteiger partial charge on any atom is 0.360 e. The van der Waals surface area contributed by atoms with Gasteiger partial charge in [0.05, 0.1) is 26.4 Å². The number of anilines is 1. The number of nitrogens with one attached hydrogen (secondary N) is 1. The van der Waals surface area contributed by atoms with E-state index in [1.807, 2.05) is 54.6 Å². The first-order chi connectivity index (χ1) is 25.5. The van der Waals surface area contributed by atoms with Crippen molar-refractivity contribution in [2.24, 2.45) is 5.16 Å². The molecule has 5 rings (SSSR count). The first-order valence-corrected chi connectivity index (χ1v) is 17.3. The zero-order chi connectivity index (χ0) is 36.4. The van der Waals surface area contributed by atoms with Gasteiger partial charge in [0.15, 0.2) is 30.2 Å². The largest absolute Gasteiger partial charge is 0.476 e. The Morgan fingerprint density at radius 3 is 1.81 bits per heavy atom. The van der Waals surface area contributed by atoms with Crippen molar-refractivity contribution >= 4 is 28.1 Å². The summed E-state index contributed by atoms with van der Waals surface area (Å²) in [5.41, 5.74) is 2.57. The number of ether oxygens (including phenoxy) is 6. The third-order valence-electron chi connectivity index (χ3n) is 7.72. The van der Waals surface area contributed by atoms with Crippen molar-refractivity contribution in [2.75, 3.05) is 59.5 Å². The number of methoxy groups -OCH3 is 2. The van der Waals surface area contributed by atoms with Crippen molar-refractivity contribution in [3.05, 3.63) is 143 Å². The summed E-state index contributed by atoms with van der Waals surface area (Å²) in [4.78, 5) is 22.7. The van der Waals surface area contributed by atoms with E-state index in [-0.39, 0.29) is 31.6 Å². The van der Waals surface area contributed by atoms with Crippen LogP contribution in [0.25, 0.3) is 0 Å². The third-order valence-corrected chi connectivity index (χ3v) is 8.48. The number of carboxylic acids is 1. The Hall–Kier alpha value is -5.31. The molecule has 0 spiro atoms. The van der Waals surface area contributed by atoms with E-state index in [1.165, 1.54) is 11.3 Å². The smallest absolute Gasteiger partial charge is 0.360 e. The highest BCUT2D eigenvalue weighted by Gasteiger charge is 2.37. The average molecular weight is 728 g/mol. The fourth-order valence-electron chi connectivity index (χ4n) is 5.23. The zero-order valence-electron chi connectivity index (χ0n) is 28.9. The van der Waals surface area contributed by atoms with Gasteiger partial charge in [0.2, 0.25) is 5.71 Å². The molecular weight excluding hydrogens is 687 g/mol. The molecule has 12 nitrogen and oxygen atoms in total. The van der Waals surface area contributed by atoms with Gasteiger partial charge in [-0.3, -0.25) is 0 Å². The molecule has 0 bridgehead atoms. The number of oxime groups is 1. The van der Waals surface area contributed by atoms with Gasteiger partial charge in [0.25, 0.3) is 0 Å². The van der Waals surface area contributed by atoms with Gasteiger partial charge in [-0.2, -0.15) is 0 Å². The van der Waals surface area contributed by atoms with E-state index in [0.29, 0.717) is 48.6 Å². The molecule has 0 fully saturated rings. The predicted molar refractivity (Wildman–Crippen MR) is 197 cm³/mol. The Labute approximate surface area is 306 Å². The van der Waals surface area contributed by atoms with Crippen LogP contribution in [0.3, 0.4) is 0 Å². The fraction of sp³-hybridized carbons (Fsp3) is 0.256. The van der Waals surface area contributed by atoms with Gasteiger partial charge >= 0.3 is 5.97 Å². The second-order valence-electron chi connectivity index (χ2n) is 11.1. The van der Waals surface area contributed by atoms with Crippen molar-refractivity contribution in [1.29, 1.82) is 0 Å². The molecule has 2 N–H and O–H groups in total. The van der Waals surface area contributed by atoms with Crippen LogP contribution in [0.1, 0.15) is 27.9 Å². The van der Waals surface area contributed by atoms with Gasteiger partial charge in [-0.15, -0.1) is 11.3 Å². The number of carbonyl (C=O) groups is 1. The maximum atomic E-state index is 12.4. The van der Waals surface area contributed by atoms with Crippen LogP contribution in [0.15, 0.2) is 120 Å². The second-order valence-corrected chi connectivity index (χ2v) is 12.0. The predicted octanol–water partition coefficient (Wildman–Crippen LogP) is 6.55. The van der Waals surface area contributed by atoms with Gasteiger partial charge in [-0.05, 0) is 34.4 Å². The van der Waals surface area contributed by atoms with E-state index in [4.69, 9.17) is 33.3 Å². The topological polar surface area (TPSA) is 139 Å². The highest BCUT2D eigenvalue weighted by molar-refractivity contribution is 7.14. The van der Waals surface area contributed by atoms with Crippen LogP contribution in [-0.4, -0.2) is 76.0 Å².